The molecule has 7 aromatic heterocycles. The van der Waals surface area contributed by atoms with Crippen LogP contribution in [0.1, 0.15) is 77.5 Å². The van der Waals surface area contributed by atoms with Gasteiger partial charge in [-0.1, -0.05) is 71.5 Å². The third-order valence-corrected chi connectivity index (χ3v) is 23.3. The van der Waals surface area contributed by atoms with Gasteiger partial charge in [-0.15, -0.1) is 73.1 Å². The lowest BCUT2D eigenvalue weighted by Gasteiger charge is -2.35. The predicted molar refractivity (Wildman–Crippen MR) is 439 cm³/mol. The Morgan fingerprint density at radius 2 is 1.00 bits per heavy atom. The maximum atomic E-state index is 15.1. The average molecular weight is 2230 g/mol. The first-order chi connectivity index (χ1) is 53.2. The molecule has 1 fully saturated rings. The van der Waals surface area contributed by atoms with Gasteiger partial charge >= 0.3 is 40.5 Å². The fraction of sp³-hybridized carbons (Fsp3) is 0.257. The molecule has 2 atom stereocenters. The molecule has 12 nitrogen and oxygen atoms in total. The number of rotatable bonds is 18. The first-order valence-electron chi connectivity index (χ1n) is 30.9. The molecule has 1 saturated heterocycles. The quantitative estimate of drug-likeness (QED) is 0.0166. The Hall–Kier alpha value is -4.82. The lowest BCUT2D eigenvalue weighted by molar-refractivity contribution is -0.203. The van der Waals surface area contributed by atoms with Gasteiger partial charge in [0.1, 0.15) is 52.9 Å². The number of thiophene rings is 6. The predicted octanol–water partition coefficient (Wildman–Crippen LogP) is 27.5. The van der Waals surface area contributed by atoms with Gasteiger partial charge in [-0.2, -0.15) is 43.9 Å². The molecule has 4 aromatic carbocycles. The van der Waals surface area contributed by atoms with E-state index in [4.69, 9.17) is 67.5 Å². The Bertz CT molecular complexity index is 4850. The Kier molecular flexibility index (Phi) is 45.6. The molecule has 0 spiro atoms. The Labute approximate surface area is 743 Å². The van der Waals surface area contributed by atoms with Crippen LogP contribution in [0.5, 0.6) is 0 Å². The number of hydrogen-bond acceptors (Lipinski definition) is 17. The summed E-state index contributed by atoms with van der Waals surface area (Å²) in [6, 6.07) is 27.0. The molecule has 0 aliphatic carbocycles. The smallest absolute Gasteiger partial charge is 0.395 e. The summed E-state index contributed by atoms with van der Waals surface area (Å²) in [5, 5.41) is 23.0. The summed E-state index contributed by atoms with van der Waals surface area (Å²) in [7, 11) is 0. The zero-order chi connectivity index (χ0) is 85.9. The van der Waals surface area contributed by atoms with Gasteiger partial charge in [0.05, 0.1) is 83.4 Å². The standard InChI is InChI=1S/C14H9ClF4N4OS.C13H7ClF4OS.C12H5ClF4OS.C8H7ClF2O2S.C6H3BrF2.C4H5BrF2O2.C4H2ClIS.C4H3IS.C4H10O.CH4.FH.H2/c15-12-4-3-11(25-12)14(18,19)13(24,6-23-7-20-21-22-23)9-2-1-8(16)5-10(9)17;14-11-4-3-10(20-11)13(17,18)12(6-19-12)8-2-1-7(15)5-9(8)16;13-10-4-3-9(19-10)12(16,17)11(18)7-2-1-6(14)5-8(7)15;1-2-13-7(12)8(10,11)5-3-4-6(9)14-5;7-5-2-1-4(8)3-6(5)9;1-2-9-3(8)4(5,6)7;5-3-1-2-4(6)7-3;5-4-2-1-3-6-4;1-3-5-4-2;;;/h1-5,7,24H,6H2;1-5H,6H2;1-5H;3-4H,2H2,1H3;1-3H;2H2,1H3;1-2H;1-3H;3-4H2,1-2H3;1H4;2*1H/i;;;;;;;;;;;1+1. The van der Waals surface area contributed by atoms with Gasteiger partial charge in [-0.05, 0) is 220 Å². The van der Waals surface area contributed by atoms with Gasteiger partial charge in [0.25, 0.3) is 0 Å². The topological polar surface area (TPSA) is 155 Å². The number of aliphatic hydroxyl groups is 1. The summed E-state index contributed by atoms with van der Waals surface area (Å²) in [5.74, 6) is -27.3. The number of esters is 2. The highest BCUT2D eigenvalue weighted by Gasteiger charge is 2.68. The second-order valence-electron chi connectivity index (χ2n) is 21.1. The first kappa shape index (κ1) is 107. The molecule has 116 heavy (non-hydrogen) atoms. The second kappa shape index (κ2) is 49.3. The number of halogens is 28. The van der Waals surface area contributed by atoms with Crippen LogP contribution < -0.4 is 0 Å². The van der Waals surface area contributed by atoms with E-state index in [1.54, 1.807) is 22.7 Å². The first-order valence-corrected chi connectivity index (χ1v) is 41.5. The van der Waals surface area contributed by atoms with Crippen molar-refractivity contribution in [3.63, 3.8) is 0 Å². The van der Waals surface area contributed by atoms with E-state index in [0.717, 1.165) is 83.2 Å². The molecule has 0 radical (unpaired) electrons. The Morgan fingerprint density at radius 3 is 1.34 bits per heavy atom. The number of epoxide rings is 1. The molecule has 1 aliphatic rings. The summed E-state index contributed by atoms with van der Waals surface area (Å²) in [6.45, 7) is 7.27. The number of nitrogens with zero attached hydrogens (tertiary/aromatic N) is 4. The van der Waals surface area contributed by atoms with Crippen LogP contribution in [0.25, 0.3) is 0 Å². The van der Waals surface area contributed by atoms with Crippen LogP contribution in [0.15, 0.2) is 162 Å². The SMILES string of the molecule is C.CCOC(=O)C(F)(F)Br.CCOC(=O)C(F)(F)c1ccc(Cl)s1.CCOCC.Clc1ccc(I)s1.F.Fc1ccc(Br)c(F)c1.Fc1ccc(C2(C(F)(F)c3ccc(Cl)s3)CO2)c(F)c1.Ic1cccs1.O=C(c1ccc(F)cc1F)C(F)(F)c1ccc(Cl)s1.OC(Cn1cnnn1)(c1ccc(F)cc1F)C(F)(F)c1ccc(Cl)s1.[2HH]. The number of ether oxygens (including phenoxy) is 4. The van der Waals surface area contributed by atoms with Crippen LogP contribution >= 0.6 is 203 Å². The fourth-order valence-corrected chi connectivity index (χ4v) is 15.8. The van der Waals surface area contributed by atoms with Gasteiger partial charge in [0, 0.05) is 66.0 Å². The van der Waals surface area contributed by atoms with E-state index >= 15 is 8.78 Å². The van der Waals surface area contributed by atoms with Gasteiger partial charge < -0.3 is 24.1 Å². The minimum atomic E-state index is -3.96. The lowest BCUT2D eigenvalue weighted by atomic mass is 9.85. The van der Waals surface area contributed by atoms with Crippen molar-refractivity contribution >= 4 is 221 Å². The second-order valence-corrected chi connectivity index (χ2v) is 36.3. The Balaban J connectivity index is 0.000000685. The molecule has 2 unspecified atom stereocenters. The normalized spacial score (nSPS) is 13.2. The van der Waals surface area contributed by atoms with E-state index in [0.29, 0.717) is 69.6 Å². The number of Topliss-reactive ketones (excluding diaryl/α,β-unsaturated/α-hetero) is 1. The third kappa shape index (κ3) is 31.9. The van der Waals surface area contributed by atoms with E-state index < -0.39 is 136 Å². The minimum Gasteiger partial charge on any atom is -0.461 e. The van der Waals surface area contributed by atoms with Crippen LogP contribution in [0.2, 0.25) is 21.7 Å². The van der Waals surface area contributed by atoms with Crippen LogP contribution in [0, 0.1) is 52.3 Å². The zero-order valence-electron chi connectivity index (χ0n) is 57.9. The molecule has 1 aliphatic heterocycles. The number of alkyl halides is 11. The summed E-state index contributed by atoms with van der Waals surface area (Å²) >= 11 is 43.0. The monoisotopic (exact) mass is 2220 g/mol. The molecule has 11 aromatic rings. The van der Waals surface area contributed by atoms with E-state index in [1.807, 2.05) is 48.0 Å². The zero-order valence-corrected chi connectivity index (χ0v) is 74.1. The third-order valence-electron chi connectivity index (χ3n) is 13.3. The number of carbonyl (C=O) groups is 3. The molecule has 638 valence electrons. The van der Waals surface area contributed by atoms with Gasteiger partial charge in [0.2, 0.25) is 5.78 Å². The number of benzene rings is 4. The van der Waals surface area contributed by atoms with Crippen molar-refractivity contribution in [1.29, 1.82) is 0 Å². The number of aromatic nitrogens is 4. The number of tetrazole rings is 1. The van der Waals surface area contributed by atoms with Crippen LogP contribution in [0.3, 0.4) is 0 Å². The van der Waals surface area contributed by atoms with Crippen LogP contribution in [-0.4, -0.2) is 80.9 Å². The molecule has 46 heteroatoms. The van der Waals surface area contributed by atoms with Crippen molar-refractivity contribution < 1.29 is 124 Å². The van der Waals surface area contributed by atoms with Gasteiger partial charge in [-0.25, -0.2) is 49.4 Å². The molecule has 8 heterocycles. The van der Waals surface area contributed by atoms with Crippen LogP contribution in [0.4, 0.5) is 83.7 Å². The van der Waals surface area contributed by atoms with Crippen molar-refractivity contribution in [1.82, 2.24) is 20.2 Å². The number of carbonyl (C=O) groups excluding carboxylic acids is 3. The summed E-state index contributed by atoms with van der Waals surface area (Å²) < 4.78 is 265. The van der Waals surface area contributed by atoms with Crippen molar-refractivity contribution in [2.24, 2.45) is 0 Å². The highest BCUT2D eigenvalue weighted by molar-refractivity contribution is 14.1. The molecule has 12 rings (SSSR count). The molecule has 0 saturated carbocycles. The van der Waals surface area contributed by atoms with E-state index in [-0.39, 0.29) is 65.6 Å². The highest BCUT2D eigenvalue weighted by atomic mass is 127. The fourth-order valence-electron chi connectivity index (χ4n) is 8.11. The van der Waals surface area contributed by atoms with Gasteiger partial charge in [0.15, 0.2) is 11.2 Å². The molecular weight excluding hydrogens is 2170 g/mol. The highest BCUT2D eigenvalue weighted by Crippen LogP contribution is 2.58. The molecule has 0 bridgehead atoms. The van der Waals surface area contributed by atoms with Crippen LogP contribution in [-0.2, 0) is 70.0 Å². The number of ketones is 1. The average Bonchev–Trinajstić information content (AvgIpc) is 1.59. The lowest BCUT2D eigenvalue weighted by Crippen LogP contribution is -2.47. The summed E-state index contributed by atoms with van der Waals surface area (Å²) in [4.78, 5) is 27.1. The maximum absolute atomic E-state index is 15.1. The van der Waals surface area contributed by atoms with Crippen molar-refractivity contribution in [3.05, 3.63) is 272 Å². The summed E-state index contributed by atoms with van der Waals surface area (Å²) in [5.41, 5.74) is -7.18. The molecular formula is C70H58Br2Cl5F19I2N4O8S6. The minimum absolute atomic E-state index is 0. The maximum Gasteiger partial charge on any atom is 0.395 e. The van der Waals surface area contributed by atoms with Crippen molar-refractivity contribution in [3.8, 4) is 0 Å². The van der Waals surface area contributed by atoms with E-state index in [2.05, 4.69) is 97.6 Å². The van der Waals surface area contributed by atoms with Crippen molar-refractivity contribution in [2.75, 3.05) is 33.0 Å². The number of hydrogen-bond donors (Lipinski definition) is 1. The largest absolute Gasteiger partial charge is 0.461 e. The molecule has 1 N–H and O–H groups in total. The summed E-state index contributed by atoms with van der Waals surface area (Å²) in [6.07, 6.45) is 0.990. The van der Waals surface area contributed by atoms with Gasteiger partial charge in [-0.3, -0.25) is 9.50 Å². The van der Waals surface area contributed by atoms with E-state index in [9.17, 15) is 89.7 Å². The Morgan fingerprint density at radius 1 is 0.560 bits per heavy atom. The molecule has 0 amide bonds. The van der Waals surface area contributed by atoms with Crippen molar-refractivity contribution in [2.45, 2.75) is 81.4 Å². The van der Waals surface area contributed by atoms with E-state index in [1.165, 1.54) is 62.1 Å².